The van der Waals surface area contributed by atoms with Crippen LogP contribution in [-0.2, 0) is 0 Å². The Morgan fingerprint density at radius 2 is 1.43 bits per heavy atom. The monoisotopic (exact) mass is 98.1 g/mol. The molecule has 0 amide bonds. The van der Waals surface area contributed by atoms with Crippen LogP contribution in [0.4, 0.5) is 0 Å². The molecule has 0 unspecified atom stereocenters. The van der Waals surface area contributed by atoms with Gasteiger partial charge in [-0.3, -0.25) is 0 Å². The van der Waals surface area contributed by atoms with Crippen molar-refractivity contribution in [1.82, 2.24) is 0 Å². The summed E-state index contributed by atoms with van der Waals surface area (Å²) in [5.41, 5.74) is -0.389. The maximum atomic E-state index is 3.66. The molecule has 7 heavy (non-hydrogen) atoms. The zero-order chi connectivity index (χ0) is 5.33. The van der Waals surface area contributed by atoms with Crippen molar-refractivity contribution < 1.29 is 0 Å². The van der Waals surface area contributed by atoms with E-state index in [1.165, 1.54) is 0 Å². The Bertz CT molecular complexity index is 109. The molecule has 1 heterocycles. The van der Waals surface area contributed by atoms with Crippen LogP contribution >= 0.6 is 0 Å². The molecule has 0 spiro atoms. The van der Waals surface area contributed by atoms with E-state index >= 15 is 0 Å². The van der Waals surface area contributed by atoms with Crippen LogP contribution in [0.1, 0.15) is 13.8 Å². The van der Waals surface area contributed by atoms with Gasteiger partial charge >= 0.3 is 0 Å². The first-order valence-corrected chi connectivity index (χ1v) is 2.05. The van der Waals surface area contributed by atoms with Crippen LogP contribution in [0.5, 0.6) is 0 Å². The van der Waals surface area contributed by atoms with Crippen LogP contribution < -0.4 is 0 Å². The summed E-state index contributed by atoms with van der Waals surface area (Å²) in [5.74, 6) is 0. The maximum Gasteiger partial charge on any atom is 0.189 e. The number of hydrogen-bond donors (Lipinski definition) is 0. The SMILES string of the molecule is CC1(C)N=NN=N1. The fraction of sp³-hybridized carbons (Fsp3) is 1.00. The van der Waals surface area contributed by atoms with E-state index in [4.69, 9.17) is 0 Å². The molecule has 4 heteroatoms. The summed E-state index contributed by atoms with van der Waals surface area (Å²) in [5, 5.41) is 14.0. The zero-order valence-electron chi connectivity index (χ0n) is 4.29. The summed E-state index contributed by atoms with van der Waals surface area (Å²) in [7, 11) is 0. The molecule has 0 radical (unpaired) electrons. The zero-order valence-corrected chi connectivity index (χ0v) is 4.29. The van der Waals surface area contributed by atoms with Crippen LogP contribution in [0.25, 0.3) is 0 Å². The Morgan fingerprint density at radius 1 is 1.00 bits per heavy atom. The fourth-order valence-corrected chi connectivity index (χ4v) is 0.279. The molecule has 0 bridgehead atoms. The lowest BCUT2D eigenvalue weighted by Crippen LogP contribution is -2.06. The quantitative estimate of drug-likeness (QED) is 0.441. The topological polar surface area (TPSA) is 49.4 Å². The molecule has 38 valence electrons. The second-order valence-corrected chi connectivity index (χ2v) is 1.87. The van der Waals surface area contributed by atoms with Gasteiger partial charge in [0.15, 0.2) is 5.66 Å². The van der Waals surface area contributed by atoms with Gasteiger partial charge in [-0.25, -0.2) is 0 Å². The summed E-state index contributed by atoms with van der Waals surface area (Å²) >= 11 is 0. The third-order valence-electron chi connectivity index (χ3n) is 0.619. The largest absolute Gasteiger partial charge is 0.189 e. The van der Waals surface area contributed by atoms with Gasteiger partial charge in [-0.05, 0) is 24.3 Å². The summed E-state index contributed by atoms with van der Waals surface area (Å²) in [4.78, 5) is 0. The first-order chi connectivity index (χ1) is 3.21. The van der Waals surface area contributed by atoms with E-state index in [9.17, 15) is 0 Å². The van der Waals surface area contributed by atoms with Gasteiger partial charge in [-0.1, -0.05) is 0 Å². The molecule has 0 aromatic rings. The van der Waals surface area contributed by atoms with Gasteiger partial charge in [0, 0.05) is 0 Å². The lowest BCUT2D eigenvalue weighted by Gasteiger charge is -2.00. The molecule has 4 nitrogen and oxygen atoms in total. The van der Waals surface area contributed by atoms with E-state index < -0.39 is 0 Å². The minimum absolute atomic E-state index is 0.389. The van der Waals surface area contributed by atoms with E-state index in [0.29, 0.717) is 0 Å². The molecule has 0 aliphatic carbocycles. The van der Waals surface area contributed by atoms with Crippen LogP contribution in [-0.4, -0.2) is 5.66 Å². The molecule has 1 aliphatic heterocycles. The van der Waals surface area contributed by atoms with Crippen molar-refractivity contribution in [2.24, 2.45) is 20.7 Å². The Kier molecular flexibility index (Phi) is 0.675. The van der Waals surface area contributed by atoms with Crippen LogP contribution in [0.2, 0.25) is 0 Å². The number of rotatable bonds is 0. The van der Waals surface area contributed by atoms with Crippen molar-refractivity contribution in [1.29, 1.82) is 0 Å². The van der Waals surface area contributed by atoms with Crippen molar-refractivity contribution in [3.8, 4) is 0 Å². The molecule has 0 saturated carbocycles. The molecule has 0 atom stereocenters. The highest BCUT2D eigenvalue weighted by molar-refractivity contribution is 4.71. The smallest absolute Gasteiger partial charge is 0.135 e. The molecule has 0 aromatic carbocycles. The van der Waals surface area contributed by atoms with Gasteiger partial charge in [0.25, 0.3) is 0 Å². The maximum absolute atomic E-state index is 3.66. The second-order valence-electron chi connectivity index (χ2n) is 1.87. The molecule has 0 aromatic heterocycles. The highest BCUT2D eigenvalue weighted by atomic mass is 15.6. The molecular formula is C3H6N4. The normalized spacial score (nSPS) is 23.7. The van der Waals surface area contributed by atoms with Crippen LogP contribution in [0, 0.1) is 0 Å². The average Bonchev–Trinajstić information content (AvgIpc) is 1.84. The Labute approximate surface area is 41.3 Å². The van der Waals surface area contributed by atoms with Crippen LogP contribution in [0.15, 0.2) is 20.7 Å². The summed E-state index contributed by atoms with van der Waals surface area (Å²) in [6.45, 7) is 3.68. The second kappa shape index (κ2) is 1.08. The lowest BCUT2D eigenvalue weighted by atomic mass is 10.3. The van der Waals surface area contributed by atoms with Crippen molar-refractivity contribution in [2.45, 2.75) is 19.5 Å². The first kappa shape index (κ1) is 4.36. The van der Waals surface area contributed by atoms with Crippen molar-refractivity contribution >= 4 is 0 Å². The van der Waals surface area contributed by atoms with E-state index in [1.54, 1.807) is 0 Å². The predicted octanol–water partition coefficient (Wildman–Crippen LogP) is 1.56. The van der Waals surface area contributed by atoms with E-state index in [2.05, 4.69) is 20.7 Å². The minimum Gasteiger partial charge on any atom is -0.135 e. The Morgan fingerprint density at radius 3 is 1.57 bits per heavy atom. The average molecular weight is 98.1 g/mol. The lowest BCUT2D eigenvalue weighted by molar-refractivity contribution is 0.544. The standard InChI is InChI=1S/C3H6N4/c1-3(2)4-6-7-5-3/h1-2H3. The Hall–Kier alpha value is -0.800. The summed E-state index contributed by atoms with van der Waals surface area (Å²) in [6, 6.07) is 0. The van der Waals surface area contributed by atoms with E-state index in [-0.39, 0.29) is 5.66 Å². The minimum atomic E-state index is -0.389. The highest BCUT2D eigenvalue weighted by Gasteiger charge is 2.17. The first-order valence-electron chi connectivity index (χ1n) is 2.05. The molecule has 0 N–H and O–H groups in total. The van der Waals surface area contributed by atoms with Gasteiger partial charge in [-0.2, -0.15) is 0 Å². The molecule has 0 saturated heterocycles. The van der Waals surface area contributed by atoms with Gasteiger partial charge in [0.2, 0.25) is 0 Å². The van der Waals surface area contributed by atoms with E-state index in [1.807, 2.05) is 13.8 Å². The van der Waals surface area contributed by atoms with Gasteiger partial charge in [0.1, 0.15) is 0 Å². The molecular weight excluding hydrogens is 92.1 g/mol. The highest BCUT2D eigenvalue weighted by Crippen LogP contribution is 2.16. The predicted molar refractivity (Wildman–Crippen MR) is 23.8 cm³/mol. The van der Waals surface area contributed by atoms with Gasteiger partial charge in [0.05, 0.1) is 0 Å². The summed E-state index contributed by atoms with van der Waals surface area (Å²) in [6.07, 6.45) is 0. The molecule has 0 fully saturated rings. The van der Waals surface area contributed by atoms with Gasteiger partial charge < -0.3 is 0 Å². The van der Waals surface area contributed by atoms with Crippen molar-refractivity contribution in [3.05, 3.63) is 0 Å². The van der Waals surface area contributed by atoms with Gasteiger partial charge in [-0.15, -0.1) is 10.2 Å². The number of nitrogens with zero attached hydrogens (tertiary/aromatic N) is 4. The molecule has 1 aliphatic rings. The molecule has 1 rings (SSSR count). The van der Waals surface area contributed by atoms with Crippen molar-refractivity contribution in [2.75, 3.05) is 0 Å². The number of hydrogen-bond acceptors (Lipinski definition) is 4. The third-order valence-corrected chi connectivity index (χ3v) is 0.619. The van der Waals surface area contributed by atoms with Crippen LogP contribution in [0.3, 0.4) is 0 Å². The van der Waals surface area contributed by atoms with Crippen molar-refractivity contribution in [3.63, 3.8) is 0 Å². The summed E-state index contributed by atoms with van der Waals surface area (Å²) < 4.78 is 0. The fourth-order valence-electron chi connectivity index (χ4n) is 0.279. The van der Waals surface area contributed by atoms with E-state index in [0.717, 1.165) is 0 Å². The third kappa shape index (κ3) is 0.792. The Balaban J connectivity index is 2.77.